The van der Waals surface area contributed by atoms with Crippen LogP contribution in [0.4, 0.5) is 11.5 Å². The number of carbonyl (C=O) groups excluding carboxylic acids is 1. The van der Waals surface area contributed by atoms with E-state index in [4.69, 9.17) is 4.74 Å². The first-order valence-corrected chi connectivity index (χ1v) is 7.91. The Morgan fingerprint density at radius 2 is 2.04 bits per heavy atom. The summed E-state index contributed by atoms with van der Waals surface area (Å²) in [6, 6.07) is 3.60. The summed E-state index contributed by atoms with van der Waals surface area (Å²) in [6.07, 6.45) is 2.48. The Morgan fingerprint density at radius 1 is 1.42 bits per heavy atom. The smallest absolute Gasteiger partial charge is 0.387 e. The minimum atomic E-state index is -0.481. The van der Waals surface area contributed by atoms with Crippen molar-refractivity contribution in [2.75, 3.05) is 38.9 Å². The van der Waals surface area contributed by atoms with Crippen LogP contribution in [0.25, 0.3) is 0 Å². The van der Waals surface area contributed by atoms with E-state index < -0.39 is 4.92 Å². The van der Waals surface area contributed by atoms with Crippen molar-refractivity contribution in [1.29, 1.82) is 0 Å². The Morgan fingerprint density at radius 3 is 2.54 bits per heavy atom. The van der Waals surface area contributed by atoms with Gasteiger partial charge in [0.1, 0.15) is 12.0 Å². The molecule has 24 heavy (non-hydrogen) atoms. The maximum atomic E-state index is 11.3. The second-order valence-corrected chi connectivity index (χ2v) is 5.31. The van der Waals surface area contributed by atoms with E-state index in [0.717, 1.165) is 12.8 Å². The summed E-state index contributed by atoms with van der Waals surface area (Å²) in [5, 5.41) is 11.3. The predicted molar refractivity (Wildman–Crippen MR) is 90.5 cm³/mol. The Labute approximate surface area is 141 Å². The first kappa shape index (κ1) is 20.0. The van der Waals surface area contributed by atoms with E-state index in [1.54, 1.807) is 26.4 Å². The van der Waals surface area contributed by atoms with E-state index in [1.165, 1.54) is 0 Å². The van der Waals surface area contributed by atoms with Gasteiger partial charge < -0.3 is 29.3 Å². The van der Waals surface area contributed by atoms with Gasteiger partial charge in [-0.1, -0.05) is 0 Å². The van der Waals surface area contributed by atoms with Crippen LogP contribution in [-0.4, -0.2) is 56.2 Å². The normalized spacial score (nSPS) is 14.5. The number of methoxy groups -OCH3 is 1. The molecule has 1 aliphatic heterocycles. The fourth-order valence-corrected chi connectivity index (χ4v) is 2.66. The SMILES string of the molecule is CCN(c1ccc(CC=O)nc1[N+](=O)[O-])C1CCOCC1.COC. The number of pyridine rings is 1. The van der Waals surface area contributed by atoms with Crippen LogP contribution in [0.5, 0.6) is 0 Å². The molecule has 1 aliphatic rings. The van der Waals surface area contributed by atoms with E-state index in [9.17, 15) is 14.9 Å². The highest BCUT2D eigenvalue weighted by Crippen LogP contribution is 2.30. The molecule has 8 heteroatoms. The lowest BCUT2D eigenvalue weighted by atomic mass is 10.1. The number of aldehydes is 1. The van der Waals surface area contributed by atoms with Gasteiger partial charge in [-0.25, -0.2) is 0 Å². The van der Waals surface area contributed by atoms with Crippen LogP contribution in [0.1, 0.15) is 25.5 Å². The summed E-state index contributed by atoms with van der Waals surface area (Å²) >= 11 is 0. The molecule has 0 atom stereocenters. The minimum absolute atomic E-state index is 0.0878. The maximum absolute atomic E-state index is 11.3. The minimum Gasteiger partial charge on any atom is -0.388 e. The first-order valence-electron chi connectivity index (χ1n) is 7.91. The van der Waals surface area contributed by atoms with Gasteiger partial charge in [-0.15, -0.1) is 0 Å². The fourth-order valence-electron chi connectivity index (χ4n) is 2.66. The molecule has 0 aliphatic carbocycles. The first-order chi connectivity index (χ1) is 11.6. The van der Waals surface area contributed by atoms with Crippen LogP contribution in [0, 0.1) is 10.1 Å². The van der Waals surface area contributed by atoms with Crippen molar-refractivity contribution in [2.45, 2.75) is 32.2 Å². The number of nitro groups is 1. The summed E-state index contributed by atoms with van der Waals surface area (Å²) < 4.78 is 9.59. The van der Waals surface area contributed by atoms with Gasteiger partial charge >= 0.3 is 5.82 Å². The summed E-state index contributed by atoms with van der Waals surface area (Å²) in [5.41, 5.74) is 0.938. The number of rotatable bonds is 6. The predicted octanol–water partition coefficient (Wildman–Crippen LogP) is 2.00. The maximum Gasteiger partial charge on any atom is 0.387 e. The molecule has 0 unspecified atom stereocenters. The largest absolute Gasteiger partial charge is 0.388 e. The second kappa shape index (κ2) is 10.7. The number of hydrogen-bond acceptors (Lipinski definition) is 7. The molecule has 2 heterocycles. The number of hydrogen-bond donors (Lipinski definition) is 0. The van der Waals surface area contributed by atoms with E-state index in [-0.39, 0.29) is 18.3 Å². The van der Waals surface area contributed by atoms with Crippen molar-refractivity contribution in [3.05, 3.63) is 27.9 Å². The highest BCUT2D eigenvalue weighted by molar-refractivity contribution is 5.62. The molecular weight excluding hydrogens is 314 g/mol. The zero-order chi connectivity index (χ0) is 17.9. The van der Waals surface area contributed by atoms with Crippen LogP contribution >= 0.6 is 0 Å². The molecule has 1 saturated heterocycles. The standard InChI is InChI=1S/C14H19N3O4.C2H6O/c1-2-16(12-6-9-21-10-7-12)13-4-3-11(5-8-18)15-14(13)17(19)20;1-3-2/h3-4,8,12H,2,5-7,9-10H2,1H3;1-2H3. The van der Waals surface area contributed by atoms with Crippen molar-refractivity contribution < 1.29 is 19.2 Å². The Balaban J connectivity index is 0.000000891. The van der Waals surface area contributed by atoms with E-state index in [1.807, 2.05) is 11.8 Å². The summed E-state index contributed by atoms with van der Waals surface area (Å²) in [7, 11) is 3.25. The molecule has 0 radical (unpaired) electrons. The third-order valence-corrected chi connectivity index (χ3v) is 3.66. The molecule has 1 aromatic heterocycles. The molecular formula is C16H25N3O5. The van der Waals surface area contributed by atoms with Gasteiger partial charge in [-0.05, 0) is 41.8 Å². The van der Waals surface area contributed by atoms with Gasteiger partial charge in [-0.3, -0.25) is 0 Å². The zero-order valence-corrected chi connectivity index (χ0v) is 14.4. The van der Waals surface area contributed by atoms with Gasteiger partial charge in [0.2, 0.25) is 0 Å². The molecule has 0 N–H and O–H groups in total. The van der Waals surface area contributed by atoms with Crippen molar-refractivity contribution >= 4 is 17.8 Å². The monoisotopic (exact) mass is 339 g/mol. The average Bonchev–Trinajstić information content (AvgIpc) is 2.58. The highest BCUT2D eigenvalue weighted by atomic mass is 16.6. The molecule has 0 amide bonds. The molecule has 0 saturated carbocycles. The van der Waals surface area contributed by atoms with E-state index in [2.05, 4.69) is 9.72 Å². The molecule has 1 fully saturated rings. The molecule has 1 aromatic rings. The van der Waals surface area contributed by atoms with Gasteiger partial charge in [0.05, 0.1) is 6.42 Å². The summed E-state index contributed by atoms with van der Waals surface area (Å²) in [4.78, 5) is 27.4. The highest BCUT2D eigenvalue weighted by Gasteiger charge is 2.27. The molecule has 0 bridgehead atoms. The molecule has 2 rings (SSSR count). The lowest BCUT2D eigenvalue weighted by Crippen LogP contribution is -2.39. The number of carbonyl (C=O) groups is 1. The lowest BCUT2D eigenvalue weighted by molar-refractivity contribution is -0.388. The third-order valence-electron chi connectivity index (χ3n) is 3.66. The van der Waals surface area contributed by atoms with Crippen LogP contribution in [0.3, 0.4) is 0 Å². The Hall–Kier alpha value is -2.06. The molecule has 8 nitrogen and oxygen atoms in total. The van der Waals surface area contributed by atoms with Gasteiger partial charge in [-0.2, -0.15) is 0 Å². The van der Waals surface area contributed by atoms with Gasteiger partial charge in [0, 0.05) is 40.0 Å². The summed E-state index contributed by atoms with van der Waals surface area (Å²) in [6.45, 7) is 3.98. The number of anilines is 1. The van der Waals surface area contributed by atoms with Crippen molar-refractivity contribution in [3.63, 3.8) is 0 Å². The Kier molecular flexibility index (Phi) is 8.88. The van der Waals surface area contributed by atoms with Gasteiger partial charge in [0.15, 0.2) is 5.69 Å². The second-order valence-electron chi connectivity index (χ2n) is 5.31. The van der Waals surface area contributed by atoms with Crippen LogP contribution in [-0.2, 0) is 20.7 Å². The number of ether oxygens (including phenoxy) is 2. The zero-order valence-electron chi connectivity index (χ0n) is 14.4. The van der Waals surface area contributed by atoms with E-state index in [0.29, 0.717) is 37.4 Å². The van der Waals surface area contributed by atoms with Crippen molar-refractivity contribution in [1.82, 2.24) is 4.98 Å². The van der Waals surface area contributed by atoms with Crippen molar-refractivity contribution in [3.8, 4) is 0 Å². The molecule has 0 aromatic carbocycles. The van der Waals surface area contributed by atoms with Crippen molar-refractivity contribution in [2.24, 2.45) is 0 Å². The third kappa shape index (κ3) is 5.54. The molecule has 134 valence electrons. The van der Waals surface area contributed by atoms with Crippen LogP contribution < -0.4 is 4.90 Å². The van der Waals surface area contributed by atoms with E-state index >= 15 is 0 Å². The summed E-state index contributed by atoms with van der Waals surface area (Å²) in [5.74, 6) is -0.178. The average molecular weight is 339 g/mol. The fraction of sp³-hybridized carbons (Fsp3) is 0.625. The van der Waals surface area contributed by atoms with Gasteiger partial charge in [0.25, 0.3) is 0 Å². The topological polar surface area (TPSA) is 94.8 Å². The quantitative estimate of drug-likeness (QED) is 0.444. The molecule has 0 spiro atoms. The van der Waals surface area contributed by atoms with Crippen LogP contribution in [0.15, 0.2) is 12.1 Å². The van der Waals surface area contributed by atoms with Crippen LogP contribution in [0.2, 0.25) is 0 Å². The number of aromatic nitrogens is 1. The Bertz CT molecular complexity index is 532. The number of nitrogens with zero attached hydrogens (tertiary/aromatic N) is 3. The lowest BCUT2D eigenvalue weighted by Gasteiger charge is -2.34.